The van der Waals surface area contributed by atoms with E-state index in [-0.39, 0.29) is 0 Å². The van der Waals surface area contributed by atoms with E-state index in [4.69, 9.17) is 4.74 Å². The lowest BCUT2D eigenvalue weighted by atomic mass is 10.1. The smallest absolute Gasteiger partial charge is 0.119 e. The number of allylic oxidation sites excluding steroid dienone is 3. The van der Waals surface area contributed by atoms with Gasteiger partial charge in [-0.25, -0.2) is 0 Å². The summed E-state index contributed by atoms with van der Waals surface area (Å²) in [6.07, 6.45) is 5.34. The molecule has 86 valence electrons. The van der Waals surface area contributed by atoms with Crippen molar-refractivity contribution in [1.29, 1.82) is 0 Å². The Bertz CT molecular complexity index is 396. The zero-order chi connectivity index (χ0) is 12.0. The number of ether oxygens (including phenoxy) is 1. The summed E-state index contributed by atoms with van der Waals surface area (Å²) in [5.41, 5.74) is 4.01. The van der Waals surface area contributed by atoms with E-state index < -0.39 is 0 Å². The van der Waals surface area contributed by atoms with Gasteiger partial charge in [0.15, 0.2) is 0 Å². The van der Waals surface area contributed by atoms with Crippen molar-refractivity contribution < 1.29 is 4.74 Å². The first-order chi connectivity index (χ1) is 7.63. The minimum absolute atomic E-state index is 0.904. The molecule has 16 heavy (non-hydrogen) atoms. The molecular weight excluding hydrogens is 196 g/mol. The second-order valence-electron chi connectivity index (χ2n) is 4.16. The van der Waals surface area contributed by atoms with Gasteiger partial charge in [-0.3, -0.25) is 0 Å². The van der Waals surface area contributed by atoms with E-state index in [1.807, 2.05) is 18.2 Å². The van der Waals surface area contributed by atoms with Crippen molar-refractivity contribution in [3.63, 3.8) is 0 Å². The molecule has 0 saturated heterocycles. The van der Waals surface area contributed by atoms with Gasteiger partial charge in [-0.15, -0.1) is 0 Å². The highest BCUT2D eigenvalue weighted by Gasteiger charge is 1.92. The van der Waals surface area contributed by atoms with Crippen LogP contribution in [-0.4, -0.2) is 7.11 Å². The van der Waals surface area contributed by atoms with Crippen molar-refractivity contribution in [3.8, 4) is 5.75 Å². The van der Waals surface area contributed by atoms with Crippen molar-refractivity contribution in [2.24, 2.45) is 0 Å². The Labute approximate surface area is 98.5 Å². The maximum Gasteiger partial charge on any atom is 0.119 e. The lowest BCUT2D eigenvalue weighted by Crippen LogP contribution is -1.82. The van der Waals surface area contributed by atoms with Crippen molar-refractivity contribution in [2.45, 2.75) is 27.2 Å². The molecule has 0 bridgehead atoms. The van der Waals surface area contributed by atoms with Crippen LogP contribution in [0.3, 0.4) is 0 Å². The maximum absolute atomic E-state index is 5.18. The molecule has 0 spiro atoms. The van der Waals surface area contributed by atoms with E-state index in [9.17, 15) is 0 Å². The Balaban J connectivity index is 2.66. The third kappa shape index (κ3) is 3.93. The SMILES string of the molecule is COc1cccc(/C=C/CC(C)=C(C)C)c1. The molecule has 1 aromatic carbocycles. The topological polar surface area (TPSA) is 9.23 Å². The summed E-state index contributed by atoms with van der Waals surface area (Å²) in [5, 5.41) is 0. The molecule has 0 atom stereocenters. The second kappa shape index (κ2) is 6.16. The molecule has 1 heteroatoms. The monoisotopic (exact) mass is 216 g/mol. The highest BCUT2D eigenvalue weighted by Crippen LogP contribution is 2.15. The van der Waals surface area contributed by atoms with Crippen LogP contribution in [0.4, 0.5) is 0 Å². The highest BCUT2D eigenvalue weighted by molar-refractivity contribution is 5.52. The fourth-order valence-corrected chi connectivity index (χ4v) is 1.32. The molecule has 0 heterocycles. The first-order valence-corrected chi connectivity index (χ1v) is 5.57. The normalized spacial score (nSPS) is 10.5. The van der Waals surface area contributed by atoms with E-state index in [2.05, 4.69) is 39.0 Å². The summed E-state index contributed by atoms with van der Waals surface area (Å²) >= 11 is 0. The van der Waals surface area contributed by atoms with Gasteiger partial charge in [0.2, 0.25) is 0 Å². The van der Waals surface area contributed by atoms with Crippen LogP contribution < -0.4 is 4.74 Å². The number of methoxy groups -OCH3 is 1. The third-order valence-corrected chi connectivity index (χ3v) is 2.68. The average Bonchev–Trinajstić information content (AvgIpc) is 2.29. The second-order valence-corrected chi connectivity index (χ2v) is 4.16. The summed E-state index contributed by atoms with van der Waals surface area (Å²) in [4.78, 5) is 0. The fraction of sp³-hybridized carbons (Fsp3) is 0.333. The van der Waals surface area contributed by atoms with Gasteiger partial charge in [-0.1, -0.05) is 35.4 Å². The molecule has 1 aromatic rings. The molecule has 0 unspecified atom stereocenters. The Morgan fingerprint density at radius 3 is 2.62 bits per heavy atom. The van der Waals surface area contributed by atoms with Crippen LogP contribution in [0.1, 0.15) is 32.8 Å². The molecule has 0 aromatic heterocycles. The van der Waals surface area contributed by atoms with E-state index in [1.165, 1.54) is 16.7 Å². The van der Waals surface area contributed by atoms with Crippen LogP contribution in [0.5, 0.6) is 5.75 Å². The lowest BCUT2D eigenvalue weighted by molar-refractivity contribution is 0.414. The van der Waals surface area contributed by atoms with E-state index in [1.54, 1.807) is 7.11 Å². The van der Waals surface area contributed by atoms with Gasteiger partial charge in [-0.2, -0.15) is 0 Å². The Hall–Kier alpha value is -1.50. The van der Waals surface area contributed by atoms with Crippen LogP contribution >= 0.6 is 0 Å². The van der Waals surface area contributed by atoms with E-state index in [0.717, 1.165) is 12.2 Å². The largest absolute Gasteiger partial charge is 0.497 e. The lowest BCUT2D eigenvalue weighted by Gasteiger charge is -2.01. The van der Waals surface area contributed by atoms with E-state index >= 15 is 0 Å². The molecule has 1 rings (SSSR count). The summed E-state index contributed by atoms with van der Waals surface area (Å²) in [5.74, 6) is 0.904. The summed E-state index contributed by atoms with van der Waals surface area (Å²) in [7, 11) is 1.69. The minimum Gasteiger partial charge on any atom is -0.497 e. The molecule has 0 aliphatic rings. The van der Waals surface area contributed by atoms with Crippen molar-refractivity contribution in [1.82, 2.24) is 0 Å². The third-order valence-electron chi connectivity index (χ3n) is 2.68. The quantitative estimate of drug-likeness (QED) is 0.675. The maximum atomic E-state index is 5.18. The first kappa shape index (κ1) is 12.6. The molecule has 0 N–H and O–H groups in total. The molecule has 0 aliphatic heterocycles. The molecule has 0 amide bonds. The molecule has 1 nitrogen and oxygen atoms in total. The van der Waals surface area contributed by atoms with Crippen molar-refractivity contribution in [3.05, 3.63) is 47.1 Å². The molecular formula is C15H20O. The number of rotatable bonds is 4. The predicted molar refractivity (Wildman–Crippen MR) is 70.7 cm³/mol. The Morgan fingerprint density at radius 2 is 2.00 bits per heavy atom. The van der Waals surface area contributed by atoms with Gasteiger partial charge >= 0.3 is 0 Å². The standard InChI is InChI=1S/C15H20O/c1-12(2)13(3)7-5-8-14-9-6-10-15(11-14)16-4/h5-6,8-11H,7H2,1-4H3/b8-5+. The zero-order valence-corrected chi connectivity index (χ0v) is 10.6. The molecule has 0 aliphatic carbocycles. The van der Waals surface area contributed by atoms with Crippen LogP contribution in [0, 0.1) is 0 Å². The summed E-state index contributed by atoms with van der Waals surface area (Å²) < 4.78 is 5.18. The average molecular weight is 216 g/mol. The highest BCUT2D eigenvalue weighted by atomic mass is 16.5. The van der Waals surface area contributed by atoms with Gasteiger partial charge < -0.3 is 4.74 Å². The van der Waals surface area contributed by atoms with Crippen LogP contribution in [-0.2, 0) is 0 Å². The molecule has 0 radical (unpaired) electrons. The van der Waals surface area contributed by atoms with Gasteiger partial charge in [0, 0.05) is 0 Å². The summed E-state index contributed by atoms with van der Waals surface area (Å²) in [6, 6.07) is 8.08. The summed E-state index contributed by atoms with van der Waals surface area (Å²) in [6.45, 7) is 6.47. The van der Waals surface area contributed by atoms with Gasteiger partial charge in [0.05, 0.1) is 7.11 Å². The molecule has 0 saturated carbocycles. The minimum atomic E-state index is 0.904. The van der Waals surface area contributed by atoms with Gasteiger partial charge in [0.25, 0.3) is 0 Å². The van der Waals surface area contributed by atoms with Gasteiger partial charge in [-0.05, 0) is 44.9 Å². The molecule has 0 fully saturated rings. The fourth-order valence-electron chi connectivity index (χ4n) is 1.32. The number of hydrogen-bond acceptors (Lipinski definition) is 1. The zero-order valence-electron chi connectivity index (χ0n) is 10.6. The van der Waals surface area contributed by atoms with Crippen molar-refractivity contribution >= 4 is 6.08 Å². The van der Waals surface area contributed by atoms with Crippen LogP contribution in [0.2, 0.25) is 0 Å². The van der Waals surface area contributed by atoms with Crippen LogP contribution in [0.25, 0.3) is 6.08 Å². The number of hydrogen-bond donors (Lipinski definition) is 0. The van der Waals surface area contributed by atoms with Gasteiger partial charge in [0.1, 0.15) is 5.75 Å². The number of benzene rings is 1. The van der Waals surface area contributed by atoms with Crippen molar-refractivity contribution in [2.75, 3.05) is 7.11 Å². The predicted octanol–water partition coefficient (Wildman–Crippen LogP) is 4.45. The Morgan fingerprint density at radius 1 is 1.25 bits per heavy atom. The Kier molecular flexibility index (Phi) is 4.84. The van der Waals surface area contributed by atoms with Crippen LogP contribution in [0.15, 0.2) is 41.5 Å². The first-order valence-electron chi connectivity index (χ1n) is 5.57. The van der Waals surface area contributed by atoms with E-state index in [0.29, 0.717) is 0 Å².